The van der Waals surface area contributed by atoms with E-state index in [-0.39, 0.29) is 6.61 Å². The number of aromatic nitrogens is 2. The topological polar surface area (TPSA) is 117 Å². The molecule has 0 unspecified atom stereocenters. The van der Waals surface area contributed by atoms with Crippen LogP contribution in [0.2, 0.25) is 0 Å². The fourth-order valence-corrected chi connectivity index (χ4v) is 5.16. The van der Waals surface area contributed by atoms with Gasteiger partial charge in [0, 0.05) is 48.2 Å². The van der Waals surface area contributed by atoms with Crippen molar-refractivity contribution in [1.29, 1.82) is 0 Å². The maximum Gasteiger partial charge on any atom is 0.162 e. The fraction of sp³-hybridized carbons (Fsp3) is 0.433. The minimum Gasteiger partial charge on any atom is -0.397 e. The predicted molar refractivity (Wildman–Crippen MR) is 174 cm³/mol. The highest BCUT2D eigenvalue weighted by Crippen LogP contribution is 2.38. The Bertz CT molecular complexity index is 1440. The van der Waals surface area contributed by atoms with Gasteiger partial charge in [0.05, 0.1) is 29.6 Å². The first-order chi connectivity index (χ1) is 20.2. The molecule has 1 fully saturated rings. The Morgan fingerprint density at radius 1 is 1.14 bits per heavy atom. The largest absolute Gasteiger partial charge is 0.397 e. The van der Waals surface area contributed by atoms with Gasteiger partial charge in [0.1, 0.15) is 9.84 Å². The summed E-state index contributed by atoms with van der Waals surface area (Å²) in [6.07, 6.45) is 13.4. The summed E-state index contributed by atoms with van der Waals surface area (Å²) in [6, 6.07) is 9.81. The predicted octanol–water partition coefficient (Wildman–Crippen LogP) is 5.81. The number of nitrogens with zero attached hydrogens (tertiary/aromatic N) is 4. The average molecular weight is 620 g/mol. The van der Waals surface area contributed by atoms with Gasteiger partial charge in [-0.1, -0.05) is 60.8 Å². The molecule has 0 bridgehead atoms. The van der Waals surface area contributed by atoms with Crippen LogP contribution in [0.25, 0.3) is 27.2 Å². The van der Waals surface area contributed by atoms with E-state index >= 15 is 0 Å². The number of rotatable bonds is 9. The van der Waals surface area contributed by atoms with E-state index in [1.54, 1.807) is 18.3 Å². The van der Waals surface area contributed by atoms with E-state index in [1.807, 2.05) is 24.3 Å². The molecule has 0 amide bonds. The zero-order valence-electron chi connectivity index (χ0n) is 25.0. The molecular formula is C30H42FN5O4S2. The van der Waals surface area contributed by atoms with Gasteiger partial charge in [0.15, 0.2) is 11.6 Å². The number of fused-ring (bicyclic) bond motifs is 1. The number of aliphatic hydroxyl groups excluding tert-OH is 1. The molecule has 0 spiro atoms. The molecule has 0 radical (unpaired) electrons. The van der Waals surface area contributed by atoms with Crippen molar-refractivity contribution in [2.45, 2.75) is 40.0 Å². The molecule has 3 aromatic rings. The highest BCUT2D eigenvalue weighted by Gasteiger charge is 2.21. The van der Waals surface area contributed by atoms with Gasteiger partial charge < -0.3 is 14.7 Å². The molecule has 4 rings (SSSR count). The number of morpholine rings is 1. The van der Waals surface area contributed by atoms with Crippen LogP contribution < -0.4 is 10.5 Å². The third-order valence-corrected chi connectivity index (χ3v) is 6.82. The Kier molecular flexibility index (Phi) is 15.3. The summed E-state index contributed by atoms with van der Waals surface area (Å²) in [6.45, 7) is 9.16. The number of allylic oxidation sites excluding steroid dienone is 4. The Balaban J connectivity index is 0.000000686. The van der Waals surface area contributed by atoms with Crippen LogP contribution in [0.1, 0.15) is 50.5 Å². The molecule has 42 heavy (non-hydrogen) atoms. The number of halogens is 1. The molecule has 1 saturated heterocycles. The number of benzene rings is 1. The van der Waals surface area contributed by atoms with Crippen LogP contribution in [0.5, 0.6) is 0 Å². The van der Waals surface area contributed by atoms with Crippen LogP contribution in [-0.4, -0.2) is 75.1 Å². The summed E-state index contributed by atoms with van der Waals surface area (Å²) in [5.41, 5.74) is 5.11. The van der Waals surface area contributed by atoms with Crippen LogP contribution in [0.4, 0.5) is 10.3 Å². The first kappa shape index (κ1) is 35.0. The van der Waals surface area contributed by atoms with Gasteiger partial charge in [-0.3, -0.25) is 0 Å². The molecule has 12 heteroatoms. The number of nitrogens with one attached hydrogen (secondary N) is 1. The molecule has 2 N–H and O–H groups in total. The van der Waals surface area contributed by atoms with E-state index in [0.717, 1.165) is 72.0 Å². The smallest absolute Gasteiger partial charge is 0.162 e. The number of hydrazone groups is 1. The normalized spacial score (nSPS) is 14.1. The van der Waals surface area contributed by atoms with Crippen molar-refractivity contribution < 1.29 is 22.7 Å². The van der Waals surface area contributed by atoms with Crippen LogP contribution in [0, 0.1) is 0 Å². The van der Waals surface area contributed by atoms with E-state index < -0.39 is 9.84 Å². The molecule has 0 atom stereocenters. The lowest BCUT2D eigenvalue weighted by Gasteiger charge is -2.28. The third-order valence-electron chi connectivity index (χ3n) is 5.63. The quantitative estimate of drug-likeness (QED) is 0.133. The zero-order valence-corrected chi connectivity index (χ0v) is 26.6. The van der Waals surface area contributed by atoms with Gasteiger partial charge >= 0.3 is 0 Å². The van der Waals surface area contributed by atoms with E-state index in [4.69, 9.17) is 19.8 Å². The summed E-state index contributed by atoms with van der Waals surface area (Å²) in [5.74, 6) is 1.53. The SMILES string of the molecule is CC/C=C\C/C(=C\CC)c1cc2nc(-c3ccccc3/C=N\NF)nc(N3CCOCC3)c2s1.CCO.CS(C)(=O)=O. The van der Waals surface area contributed by atoms with Gasteiger partial charge in [-0.25, -0.2) is 18.4 Å². The van der Waals surface area contributed by atoms with Crippen molar-refractivity contribution >= 4 is 49.0 Å². The maximum atomic E-state index is 12.5. The van der Waals surface area contributed by atoms with Crippen molar-refractivity contribution in [2.75, 3.05) is 50.3 Å². The first-order valence-electron chi connectivity index (χ1n) is 13.9. The van der Waals surface area contributed by atoms with E-state index in [0.29, 0.717) is 19.0 Å². The number of thiophene rings is 1. The summed E-state index contributed by atoms with van der Waals surface area (Å²) in [7, 11) is -2.67. The molecule has 230 valence electrons. The Morgan fingerprint density at radius 3 is 2.43 bits per heavy atom. The zero-order chi connectivity index (χ0) is 31.0. The molecule has 1 aromatic carbocycles. The lowest BCUT2D eigenvalue weighted by Crippen LogP contribution is -2.36. The first-order valence-corrected chi connectivity index (χ1v) is 17.0. The van der Waals surface area contributed by atoms with E-state index in [2.05, 4.69) is 48.1 Å². The highest BCUT2D eigenvalue weighted by atomic mass is 32.2. The molecule has 0 saturated carbocycles. The minimum absolute atomic E-state index is 0.250. The standard InChI is InChI=1S/C26H30FN5OS.C2H6O2S.C2H6O/c1-3-5-6-10-19(9-4-2)23-17-22-24(34-23)26(32-13-15-33-16-14-32)30-25(29-22)21-12-8-7-11-20(21)18-28-31-27;1-5(2,3)4;1-2-3/h5-9,11-12,17-18,31H,3-4,10,13-16H2,1-2H3;1-2H3;3H,2H2,1H3/b6-5-,19-9+,28-18-;;. The summed E-state index contributed by atoms with van der Waals surface area (Å²) in [4.78, 5) is 13.5. The van der Waals surface area contributed by atoms with Crippen LogP contribution >= 0.6 is 11.3 Å². The number of hydrogen-bond donors (Lipinski definition) is 2. The number of aliphatic hydroxyl groups is 1. The Morgan fingerprint density at radius 2 is 1.81 bits per heavy atom. The lowest BCUT2D eigenvalue weighted by atomic mass is 10.1. The molecular weight excluding hydrogens is 577 g/mol. The van der Waals surface area contributed by atoms with E-state index in [1.165, 1.54) is 22.3 Å². The second-order valence-electron chi connectivity index (χ2n) is 9.41. The van der Waals surface area contributed by atoms with Crippen LogP contribution in [-0.2, 0) is 14.6 Å². The average Bonchev–Trinajstić information content (AvgIpc) is 3.39. The molecule has 1 aliphatic rings. The molecule has 9 nitrogen and oxygen atoms in total. The van der Waals surface area contributed by atoms with Crippen LogP contribution in [0.15, 0.2) is 53.7 Å². The van der Waals surface area contributed by atoms with Gasteiger partial charge in [-0.2, -0.15) is 5.10 Å². The summed E-state index contributed by atoms with van der Waals surface area (Å²) in [5, 5.41) is 11.1. The van der Waals surface area contributed by atoms with Gasteiger partial charge in [0.25, 0.3) is 0 Å². The van der Waals surface area contributed by atoms with Crippen molar-refractivity contribution in [1.82, 2.24) is 15.6 Å². The highest BCUT2D eigenvalue weighted by molar-refractivity contribution is 7.89. The molecule has 2 aromatic heterocycles. The van der Waals surface area contributed by atoms with Gasteiger partial charge in [-0.05, 0) is 37.8 Å². The second kappa shape index (κ2) is 18.4. The monoisotopic (exact) mass is 619 g/mol. The molecule has 3 heterocycles. The Labute approximate surface area is 252 Å². The summed E-state index contributed by atoms with van der Waals surface area (Å²) < 4.78 is 38.4. The lowest BCUT2D eigenvalue weighted by molar-refractivity contribution is 0.122. The number of anilines is 1. The van der Waals surface area contributed by atoms with Crippen molar-refractivity contribution in [3.05, 3.63) is 59.0 Å². The second-order valence-corrected chi connectivity index (χ2v) is 12.7. The van der Waals surface area contributed by atoms with Gasteiger partial charge in [0.2, 0.25) is 0 Å². The third kappa shape index (κ3) is 11.6. The van der Waals surface area contributed by atoms with Gasteiger partial charge in [-0.15, -0.1) is 17.0 Å². The Hall–Kier alpha value is -3.19. The number of ether oxygens (including phenoxy) is 1. The number of sulfone groups is 1. The maximum absolute atomic E-state index is 12.5. The van der Waals surface area contributed by atoms with Crippen molar-refractivity contribution in [2.24, 2.45) is 5.10 Å². The van der Waals surface area contributed by atoms with Crippen LogP contribution in [0.3, 0.4) is 0 Å². The van der Waals surface area contributed by atoms with Crippen molar-refractivity contribution in [3.63, 3.8) is 0 Å². The fourth-order valence-electron chi connectivity index (χ4n) is 4.00. The minimum atomic E-state index is -2.67. The molecule has 1 aliphatic heterocycles. The summed E-state index contributed by atoms with van der Waals surface area (Å²) >= 11 is 1.75. The number of hydrogen-bond acceptors (Lipinski definition) is 10. The van der Waals surface area contributed by atoms with E-state index in [9.17, 15) is 12.9 Å². The molecule has 0 aliphatic carbocycles. The van der Waals surface area contributed by atoms with Crippen molar-refractivity contribution in [3.8, 4) is 11.4 Å².